The number of nitrogens with zero attached hydrogens (tertiary/aromatic N) is 3. The number of aromatic nitrogens is 4. The third-order valence-electron chi connectivity index (χ3n) is 5.55. The van der Waals surface area contributed by atoms with Crippen LogP contribution in [-0.2, 0) is 4.79 Å². The molecule has 0 saturated heterocycles. The molecule has 8 nitrogen and oxygen atoms in total. The summed E-state index contributed by atoms with van der Waals surface area (Å²) in [4.78, 5) is 16.0. The summed E-state index contributed by atoms with van der Waals surface area (Å²) >= 11 is 7.42. The van der Waals surface area contributed by atoms with Crippen molar-refractivity contribution in [3.05, 3.63) is 77.9 Å². The van der Waals surface area contributed by atoms with Crippen molar-refractivity contribution in [1.82, 2.24) is 19.7 Å². The number of para-hydroxylation sites is 1. The lowest BCUT2D eigenvalue weighted by molar-refractivity contribution is -0.113. The second-order valence-corrected chi connectivity index (χ2v) is 9.15. The van der Waals surface area contributed by atoms with Crippen molar-refractivity contribution >= 4 is 45.9 Å². The first-order valence-corrected chi connectivity index (χ1v) is 12.4. The standard InChI is InChI=1S/C26H22ClN5O3S/c1-34-22-12-9-17(13-23(22)35-2)29-24(33)15-36-26-31-30-25(32(26)18-10-7-16(27)8-11-18)20-14-28-21-6-4-3-5-19(20)21/h3-14,28H,15H2,1-2H3,(H,29,33). The number of carbonyl (C=O) groups excluding carboxylic acids is 1. The predicted molar refractivity (Wildman–Crippen MR) is 143 cm³/mol. The summed E-state index contributed by atoms with van der Waals surface area (Å²) in [6.07, 6.45) is 1.92. The van der Waals surface area contributed by atoms with Crippen LogP contribution >= 0.6 is 23.4 Å². The highest BCUT2D eigenvalue weighted by Crippen LogP contribution is 2.33. The van der Waals surface area contributed by atoms with E-state index in [0.29, 0.717) is 33.2 Å². The van der Waals surface area contributed by atoms with Gasteiger partial charge in [0.2, 0.25) is 5.91 Å². The van der Waals surface area contributed by atoms with Gasteiger partial charge >= 0.3 is 0 Å². The van der Waals surface area contributed by atoms with Crippen LogP contribution in [0.1, 0.15) is 0 Å². The number of aromatic amines is 1. The lowest BCUT2D eigenvalue weighted by Gasteiger charge is -2.11. The Morgan fingerprint density at radius 3 is 2.58 bits per heavy atom. The van der Waals surface area contributed by atoms with Crippen LogP contribution in [0.25, 0.3) is 28.0 Å². The molecule has 2 heterocycles. The molecule has 0 radical (unpaired) electrons. The van der Waals surface area contributed by atoms with Crippen molar-refractivity contribution in [2.45, 2.75) is 5.16 Å². The number of H-pyrrole nitrogens is 1. The van der Waals surface area contributed by atoms with Gasteiger partial charge in [-0.15, -0.1) is 10.2 Å². The first-order valence-electron chi connectivity index (χ1n) is 11.0. The highest BCUT2D eigenvalue weighted by molar-refractivity contribution is 7.99. The van der Waals surface area contributed by atoms with E-state index in [1.807, 2.05) is 59.3 Å². The van der Waals surface area contributed by atoms with Crippen molar-refractivity contribution < 1.29 is 14.3 Å². The Labute approximate surface area is 216 Å². The molecule has 1 amide bonds. The van der Waals surface area contributed by atoms with Crippen LogP contribution < -0.4 is 14.8 Å². The molecule has 2 N–H and O–H groups in total. The van der Waals surface area contributed by atoms with Crippen LogP contribution in [0.4, 0.5) is 5.69 Å². The largest absolute Gasteiger partial charge is 0.493 e. The van der Waals surface area contributed by atoms with Crippen molar-refractivity contribution in [2.24, 2.45) is 0 Å². The number of hydrogen-bond acceptors (Lipinski definition) is 6. The minimum atomic E-state index is -0.188. The first kappa shape index (κ1) is 23.8. The molecule has 0 bridgehead atoms. The summed E-state index contributed by atoms with van der Waals surface area (Å²) in [5.41, 5.74) is 3.36. The number of rotatable bonds is 8. The average molecular weight is 520 g/mol. The number of halogens is 1. The fraction of sp³-hybridized carbons (Fsp3) is 0.115. The Morgan fingerprint density at radius 1 is 1.03 bits per heavy atom. The quantitative estimate of drug-likeness (QED) is 0.251. The number of benzene rings is 3. The first-order chi connectivity index (χ1) is 17.6. The molecule has 0 unspecified atom stereocenters. The Balaban J connectivity index is 1.42. The van der Waals surface area contributed by atoms with Crippen molar-refractivity contribution in [1.29, 1.82) is 0 Å². The van der Waals surface area contributed by atoms with E-state index in [9.17, 15) is 4.79 Å². The minimum absolute atomic E-state index is 0.133. The number of carbonyl (C=O) groups is 1. The zero-order valence-electron chi connectivity index (χ0n) is 19.5. The topological polar surface area (TPSA) is 94.1 Å². The zero-order valence-corrected chi connectivity index (χ0v) is 21.1. The molecule has 0 aliphatic carbocycles. The summed E-state index contributed by atoms with van der Waals surface area (Å²) in [7, 11) is 3.11. The Hall–Kier alpha value is -3.95. The summed E-state index contributed by atoms with van der Waals surface area (Å²) < 4.78 is 12.5. The molecular weight excluding hydrogens is 498 g/mol. The maximum absolute atomic E-state index is 12.8. The smallest absolute Gasteiger partial charge is 0.234 e. The third-order valence-corrected chi connectivity index (χ3v) is 6.73. The maximum Gasteiger partial charge on any atom is 0.234 e. The highest BCUT2D eigenvalue weighted by atomic mass is 35.5. The SMILES string of the molecule is COc1ccc(NC(=O)CSc2nnc(-c3c[nH]c4ccccc34)n2-c2ccc(Cl)cc2)cc1OC. The van der Waals surface area contributed by atoms with E-state index >= 15 is 0 Å². The van der Waals surface area contributed by atoms with Crippen LogP contribution in [0.5, 0.6) is 11.5 Å². The fourth-order valence-electron chi connectivity index (χ4n) is 3.86. The van der Waals surface area contributed by atoms with E-state index in [-0.39, 0.29) is 11.7 Å². The third kappa shape index (κ3) is 4.75. The molecule has 0 spiro atoms. The molecule has 5 rings (SSSR count). The number of methoxy groups -OCH3 is 2. The molecule has 10 heteroatoms. The molecule has 0 aliphatic heterocycles. The predicted octanol–water partition coefficient (Wildman–Crippen LogP) is 5.82. The Bertz CT molecular complexity index is 1530. The molecule has 0 atom stereocenters. The zero-order chi connectivity index (χ0) is 25.1. The number of anilines is 1. The van der Waals surface area contributed by atoms with E-state index in [1.54, 1.807) is 32.4 Å². The van der Waals surface area contributed by atoms with Gasteiger partial charge in [0.25, 0.3) is 0 Å². The number of hydrogen-bond donors (Lipinski definition) is 2. The molecule has 3 aromatic carbocycles. The fourth-order valence-corrected chi connectivity index (χ4v) is 4.74. The van der Waals surface area contributed by atoms with Gasteiger partial charge in [-0.25, -0.2) is 0 Å². The highest BCUT2D eigenvalue weighted by Gasteiger charge is 2.20. The number of amides is 1. The molecule has 0 saturated carbocycles. The lowest BCUT2D eigenvalue weighted by atomic mass is 10.1. The molecule has 5 aromatic rings. The molecule has 2 aromatic heterocycles. The normalized spacial score (nSPS) is 11.0. The minimum Gasteiger partial charge on any atom is -0.493 e. The van der Waals surface area contributed by atoms with Crippen molar-refractivity contribution in [3.63, 3.8) is 0 Å². The maximum atomic E-state index is 12.8. The number of thioether (sulfide) groups is 1. The number of nitrogens with one attached hydrogen (secondary N) is 2. The van der Waals surface area contributed by atoms with Crippen LogP contribution in [-0.4, -0.2) is 45.6 Å². The van der Waals surface area contributed by atoms with Gasteiger partial charge in [0.15, 0.2) is 22.5 Å². The monoisotopic (exact) mass is 519 g/mol. The van der Waals surface area contributed by atoms with E-state index < -0.39 is 0 Å². The number of fused-ring (bicyclic) bond motifs is 1. The van der Waals surface area contributed by atoms with Crippen molar-refractivity contribution in [3.8, 4) is 28.6 Å². The van der Waals surface area contributed by atoms with Crippen LogP contribution in [0.15, 0.2) is 78.1 Å². The molecule has 182 valence electrons. The molecule has 36 heavy (non-hydrogen) atoms. The number of ether oxygens (including phenoxy) is 2. The van der Waals surface area contributed by atoms with Crippen LogP contribution in [0.3, 0.4) is 0 Å². The van der Waals surface area contributed by atoms with E-state index in [1.165, 1.54) is 11.8 Å². The van der Waals surface area contributed by atoms with Gasteiger partial charge in [-0.1, -0.05) is 41.6 Å². The van der Waals surface area contributed by atoms with Gasteiger partial charge in [-0.2, -0.15) is 0 Å². The summed E-state index contributed by atoms with van der Waals surface area (Å²) in [6, 6.07) is 20.6. The molecule has 0 fully saturated rings. The molecular formula is C26H22ClN5O3S. The summed E-state index contributed by atoms with van der Waals surface area (Å²) in [5, 5.41) is 14.0. The van der Waals surface area contributed by atoms with Crippen LogP contribution in [0, 0.1) is 0 Å². The molecule has 0 aliphatic rings. The van der Waals surface area contributed by atoms with Crippen molar-refractivity contribution in [2.75, 3.05) is 25.3 Å². The van der Waals surface area contributed by atoms with Crippen LogP contribution in [0.2, 0.25) is 5.02 Å². The second-order valence-electron chi connectivity index (χ2n) is 7.77. The van der Waals surface area contributed by atoms with Gasteiger partial charge in [0.05, 0.1) is 20.0 Å². The Morgan fingerprint density at radius 2 is 1.81 bits per heavy atom. The summed E-state index contributed by atoms with van der Waals surface area (Å²) in [6.45, 7) is 0. The average Bonchev–Trinajstić information content (AvgIpc) is 3.52. The van der Waals surface area contributed by atoms with Gasteiger partial charge in [-0.05, 0) is 42.5 Å². The van der Waals surface area contributed by atoms with E-state index in [0.717, 1.165) is 22.2 Å². The van der Waals surface area contributed by atoms with E-state index in [4.69, 9.17) is 21.1 Å². The van der Waals surface area contributed by atoms with E-state index in [2.05, 4.69) is 20.5 Å². The van der Waals surface area contributed by atoms with Gasteiger partial charge in [0.1, 0.15) is 0 Å². The van der Waals surface area contributed by atoms with Gasteiger partial charge < -0.3 is 19.8 Å². The Kier molecular flexibility index (Phi) is 6.84. The summed E-state index contributed by atoms with van der Waals surface area (Å²) in [5.74, 6) is 1.73. The second kappa shape index (κ2) is 10.3. The van der Waals surface area contributed by atoms with Gasteiger partial charge in [0, 0.05) is 45.1 Å². The van der Waals surface area contributed by atoms with Gasteiger partial charge in [-0.3, -0.25) is 9.36 Å². The lowest BCUT2D eigenvalue weighted by Crippen LogP contribution is -2.14.